The Morgan fingerprint density at radius 3 is 2.00 bits per heavy atom. The highest BCUT2D eigenvalue weighted by Gasteiger charge is 2.48. The van der Waals surface area contributed by atoms with E-state index in [9.17, 15) is 20.1 Å². The number of ether oxygens (including phenoxy) is 3. The lowest BCUT2D eigenvalue weighted by Crippen LogP contribution is -2.61. The molecular weight excluding hydrogens is 340 g/mol. The largest absolute Gasteiger partial charge is 0.467 e. The number of rotatable bonds is 5. The fraction of sp³-hybridized carbons (Fsp3) is 0.632. The third-order valence-electron chi connectivity index (χ3n) is 4.56. The van der Waals surface area contributed by atoms with Crippen LogP contribution in [0.15, 0.2) is 18.2 Å². The predicted molar refractivity (Wildman–Crippen MR) is 93.9 cm³/mol. The normalized spacial score (nSPS) is 29.1. The molecule has 1 aromatic carbocycles. The quantitative estimate of drug-likeness (QED) is 0.673. The molecule has 1 aromatic rings. The molecule has 1 fully saturated rings. The van der Waals surface area contributed by atoms with Crippen LogP contribution in [-0.4, -0.2) is 59.1 Å². The summed E-state index contributed by atoms with van der Waals surface area (Å²) in [6, 6.07) is 5.78. The predicted octanol–water partition coefficient (Wildman–Crippen LogP) is 1.29. The molecule has 0 aromatic heterocycles. The van der Waals surface area contributed by atoms with Crippen LogP contribution in [0.4, 0.5) is 0 Å². The first-order valence-electron chi connectivity index (χ1n) is 8.76. The lowest BCUT2D eigenvalue weighted by atomic mass is 9.93. The van der Waals surface area contributed by atoms with E-state index in [1.807, 2.05) is 45.9 Å². The Bertz CT molecular complexity index is 602. The summed E-state index contributed by atoms with van der Waals surface area (Å²) in [7, 11) is 1.15. The van der Waals surface area contributed by atoms with Crippen molar-refractivity contribution in [3.8, 4) is 5.75 Å². The van der Waals surface area contributed by atoms with Gasteiger partial charge in [-0.1, -0.05) is 45.9 Å². The number of methoxy groups -OCH3 is 1. The second-order valence-electron chi connectivity index (χ2n) is 7.11. The molecule has 0 radical (unpaired) electrons. The van der Waals surface area contributed by atoms with Crippen molar-refractivity contribution in [1.29, 1.82) is 0 Å². The molecule has 2 rings (SSSR count). The van der Waals surface area contributed by atoms with Crippen molar-refractivity contribution in [2.24, 2.45) is 0 Å². The summed E-state index contributed by atoms with van der Waals surface area (Å²) in [5.74, 6) is -0.000245. The van der Waals surface area contributed by atoms with Gasteiger partial charge in [0.15, 0.2) is 6.10 Å². The highest BCUT2D eigenvalue weighted by atomic mass is 16.7. The van der Waals surface area contributed by atoms with Crippen molar-refractivity contribution >= 4 is 5.97 Å². The average molecular weight is 368 g/mol. The van der Waals surface area contributed by atoms with E-state index in [0.717, 1.165) is 18.2 Å². The zero-order chi connectivity index (χ0) is 19.6. The van der Waals surface area contributed by atoms with Crippen molar-refractivity contribution in [1.82, 2.24) is 0 Å². The lowest BCUT2D eigenvalue weighted by Gasteiger charge is -2.39. The molecule has 1 saturated heterocycles. The standard InChI is InChI=1S/C19H28O7/c1-9(2)11-7-6-8-12(10(3)4)16(11)25-19-15(22)13(20)14(21)17(26-19)18(23)24-5/h6-10,13-15,17,19-22H,1-5H3/t13?,14-,15?,17-,19+/m0/s1. The minimum absolute atomic E-state index is 0.149. The van der Waals surface area contributed by atoms with E-state index in [0.29, 0.717) is 5.75 Å². The van der Waals surface area contributed by atoms with Crippen LogP contribution in [0.25, 0.3) is 0 Å². The van der Waals surface area contributed by atoms with Gasteiger partial charge in [0.1, 0.15) is 24.1 Å². The Morgan fingerprint density at radius 2 is 1.54 bits per heavy atom. The van der Waals surface area contributed by atoms with Crippen molar-refractivity contribution in [2.75, 3.05) is 7.11 Å². The van der Waals surface area contributed by atoms with E-state index < -0.39 is 36.7 Å². The van der Waals surface area contributed by atoms with E-state index in [1.165, 1.54) is 0 Å². The summed E-state index contributed by atoms with van der Waals surface area (Å²) in [5, 5.41) is 30.4. The van der Waals surface area contributed by atoms with E-state index >= 15 is 0 Å². The molecule has 0 saturated carbocycles. The highest BCUT2D eigenvalue weighted by Crippen LogP contribution is 2.36. The molecule has 0 spiro atoms. The number of aliphatic hydroxyl groups is 3. The first kappa shape index (κ1) is 20.6. The zero-order valence-corrected chi connectivity index (χ0v) is 15.7. The van der Waals surface area contributed by atoms with Crippen molar-refractivity contribution in [3.63, 3.8) is 0 Å². The molecule has 7 heteroatoms. The average Bonchev–Trinajstić information content (AvgIpc) is 2.61. The molecule has 146 valence electrons. The van der Waals surface area contributed by atoms with Gasteiger partial charge in [0.25, 0.3) is 0 Å². The second kappa shape index (κ2) is 8.35. The SMILES string of the molecule is COC(=O)[C@H]1O[C@@H](Oc2c(C(C)C)cccc2C(C)C)C(O)C(O)[C@@H]1O. The molecule has 0 aliphatic carbocycles. The topological polar surface area (TPSA) is 105 Å². The van der Waals surface area contributed by atoms with Gasteiger partial charge in [-0.25, -0.2) is 4.79 Å². The first-order chi connectivity index (χ1) is 12.2. The molecule has 1 heterocycles. The van der Waals surface area contributed by atoms with E-state index in [1.54, 1.807) is 0 Å². The van der Waals surface area contributed by atoms with Gasteiger partial charge in [-0.15, -0.1) is 0 Å². The minimum atomic E-state index is -1.61. The van der Waals surface area contributed by atoms with E-state index in [4.69, 9.17) is 9.47 Å². The third kappa shape index (κ3) is 4.01. The monoisotopic (exact) mass is 368 g/mol. The summed E-state index contributed by atoms with van der Waals surface area (Å²) < 4.78 is 16.0. The fourth-order valence-electron chi connectivity index (χ4n) is 2.99. The zero-order valence-electron chi connectivity index (χ0n) is 15.7. The summed E-state index contributed by atoms with van der Waals surface area (Å²) in [6.45, 7) is 8.06. The molecule has 7 nitrogen and oxygen atoms in total. The number of carbonyl (C=O) groups excluding carboxylic acids is 1. The van der Waals surface area contributed by atoms with Crippen LogP contribution in [0, 0.1) is 0 Å². The van der Waals surface area contributed by atoms with Gasteiger partial charge in [-0.3, -0.25) is 0 Å². The van der Waals surface area contributed by atoms with E-state index in [-0.39, 0.29) is 11.8 Å². The third-order valence-corrected chi connectivity index (χ3v) is 4.56. The Morgan fingerprint density at radius 1 is 1.00 bits per heavy atom. The van der Waals surface area contributed by atoms with Gasteiger partial charge < -0.3 is 29.5 Å². The molecule has 26 heavy (non-hydrogen) atoms. The molecule has 5 atom stereocenters. The Kier molecular flexibility index (Phi) is 6.63. The summed E-state index contributed by atoms with van der Waals surface area (Å²) in [4.78, 5) is 11.8. The summed E-state index contributed by atoms with van der Waals surface area (Å²) in [5.41, 5.74) is 1.84. The number of benzene rings is 1. The molecule has 1 aliphatic rings. The summed E-state index contributed by atoms with van der Waals surface area (Å²) >= 11 is 0. The Labute approximate surface area is 153 Å². The number of esters is 1. The molecule has 2 unspecified atom stereocenters. The van der Waals surface area contributed by atoms with E-state index in [2.05, 4.69) is 4.74 Å². The van der Waals surface area contributed by atoms with Crippen LogP contribution in [0.3, 0.4) is 0 Å². The molecule has 1 aliphatic heterocycles. The number of carbonyl (C=O) groups is 1. The van der Waals surface area contributed by atoms with Crippen LogP contribution in [0.5, 0.6) is 5.75 Å². The number of para-hydroxylation sites is 1. The van der Waals surface area contributed by atoms with Gasteiger partial charge >= 0.3 is 5.97 Å². The Balaban J connectivity index is 2.38. The van der Waals surface area contributed by atoms with Crippen LogP contribution in [0.2, 0.25) is 0 Å². The number of hydrogen-bond donors (Lipinski definition) is 3. The van der Waals surface area contributed by atoms with Crippen LogP contribution in [-0.2, 0) is 14.3 Å². The molecular formula is C19H28O7. The maximum Gasteiger partial charge on any atom is 0.337 e. The van der Waals surface area contributed by atoms with Crippen molar-refractivity contribution < 1.29 is 34.3 Å². The number of aliphatic hydroxyl groups excluding tert-OH is 3. The first-order valence-corrected chi connectivity index (χ1v) is 8.76. The molecule has 0 bridgehead atoms. The molecule has 3 N–H and O–H groups in total. The maximum atomic E-state index is 11.8. The minimum Gasteiger partial charge on any atom is -0.467 e. The Hall–Kier alpha value is -1.67. The van der Waals surface area contributed by atoms with Crippen molar-refractivity contribution in [2.45, 2.75) is 70.2 Å². The number of hydrogen-bond acceptors (Lipinski definition) is 7. The van der Waals surface area contributed by atoms with Crippen LogP contribution in [0.1, 0.15) is 50.7 Å². The van der Waals surface area contributed by atoms with Gasteiger partial charge in [0.05, 0.1) is 7.11 Å². The highest BCUT2D eigenvalue weighted by molar-refractivity contribution is 5.75. The smallest absolute Gasteiger partial charge is 0.337 e. The fourth-order valence-corrected chi connectivity index (χ4v) is 2.99. The maximum absolute atomic E-state index is 11.8. The van der Waals surface area contributed by atoms with Gasteiger partial charge in [-0.05, 0) is 23.0 Å². The van der Waals surface area contributed by atoms with Gasteiger partial charge in [-0.2, -0.15) is 0 Å². The van der Waals surface area contributed by atoms with Gasteiger partial charge in [0, 0.05) is 0 Å². The lowest BCUT2D eigenvalue weighted by molar-refractivity contribution is -0.272. The second-order valence-corrected chi connectivity index (χ2v) is 7.11. The van der Waals surface area contributed by atoms with Crippen LogP contribution < -0.4 is 4.74 Å². The molecule has 0 amide bonds. The van der Waals surface area contributed by atoms with Crippen LogP contribution >= 0.6 is 0 Å². The van der Waals surface area contributed by atoms with Crippen molar-refractivity contribution in [3.05, 3.63) is 29.3 Å². The van der Waals surface area contributed by atoms with Gasteiger partial charge in [0.2, 0.25) is 6.29 Å². The summed E-state index contributed by atoms with van der Waals surface area (Å²) in [6.07, 6.45) is -7.51.